The van der Waals surface area contributed by atoms with Crippen molar-refractivity contribution in [2.24, 2.45) is 0 Å². The normalized spacial score (nSPS) is 10.1. The molecule has 0 heterocycles. The lowest BCUT2D eigenvalue weighted by atomic mass is 10.2. The maximum Gasteiger partial charge on any atom is 0.293 e. The molecular weight excluding hydrogens is 232 g/mol. The molecule has 5 nitrogen and oxygen atoms in total. The number of hydrogen-bond donors (Lipinski definition) is 2. The minimum absolute atomic E-state index is 0.0310. The van der Waals surface area contributed by atoms with E-state index < -0.39 is 4.92 Å². The van der Waals surface area contributed by atoms with Gasteiger partial charge in [-0.3, -0.25) is 10.1 Å². The molecule has 1 aromatic rings. The van der Waals surface area contributed by atoms with Crippen LogP contribution >= 0.6 is 11.6 Å². The van der Waals surface area contributed by atoms with Crippen LogP contribution in [-0.2, 0) is 0 Å². The molecule has 16 heavy (non-hydrogen) atoms. The Hall–Kier alpha value is -1.33. The second-order valence-corrected chi connectivity index (χ2v) is 3.71. The summed E-state index contributed by atoms with van der Waals surface area (Å²) in [6.07, 6.45) is 1.44. The minimum Gasteiger partial charge on any atom is -0.396 e. The molecule has 6 heteroatoms. The quantitative estimate of drug-likeness (QED) is 0.458. The van der Waals surface area contributed by atoms with Gasteiger partial charge in [0.1, 0.15) is 5.69 Å². The number of aliphatic hydroxyl groups is 1. The van der Waals surface area contributed by atoms with E-state index in [1.165, 1.54) is 6.07 Å². The van der Waals surface area contributed by atoms with Crippen molar-refractivity contribution in [3.8, 4) is 0 Å². The first-order chi connectivity index (χ1) is 7.65. The molecule has 1 rings (SSSR count). The Morgan fingerprint density at radius 3 is 2.81 bits per heavy atom. The SMILES string of the molecule is O=[N+]([O-])c1cc(Cl)ccc1NCCCCO. The van der Waals surface area contributed by atoms with Crippen LogP contribution in [0.25, 0.3) is 0 Å². The Bertz CT molecular complexity index is 371. The molecule has 0 aliphatic heterocycles. The third-order valence-corrected chi connectivity index (χ3v) is 2.29. The molecule has 0 bridgehead atoms. The fourth-order valence-electron chi connectivity index (χ4n) is 1.27. The van der Waals surface area contributed by atoms with Crippen molar-refractivity contribution in [3.63, 3.8) is 0 Å². The molecule has 0 amide bonds. The summed E-state index contributed by atoms with van der Waals surface area (Å²) in [5, 5.41) is 22.6. The molecule has 0 saturated heterocycles. The lowest BCUT2D eigenvalue weighted by Crippen LogP contribution is -2.04. The number of nitro benzene ring substituents is 1. The third kappa shape index (κ3) is 3.67. The zero-order valence-electron chi connectivity index (χ0n) is 8.65. The monoisotopic (exact) mass is 244 g/mol. The highest BCUT2D eigenvalue weighted by atomic mass is 35.5. The van der Waals surface area contributed by atoms with Crippen LogP contribution in [0, 0.1) is 10.1 Å². The van der Waals surface area contributed by atoms with Crippen LogP contribution in [0.3, 0.4) is 0 Å². The molecule has 0 atom stereocenters. The van der Waals surface area contributed by atoms with Gasteiger partial charge in [-0.15, -0.1) is 0 Å². The zero-order chi connectivity index (χ0) is 12.0. The van der Waals surface area contributed by atoms with Gasteiger partial charge in [-0.25, -0.2) is 0 Å². The van der Waals surface area contributed by atoms with Gasteiger partial charge >= 0.3 is 0 Å². The van der Waals surface area contributed by atoms with Crippen molar-refractivity contribution in [1.82, 2.24) is 0 Å². The lowest BCUT2D eigenvalue weighted by molar-refractivity contribution is -0.383. The fraction of sp³-hybridized carbons (Fsp3) is 0.400. The molecule has 0 aliphatic carbocycles. The van der Waals surface area contributed by atoms with E-state index in [4.69, 9.17) is 16.7 Å². The van der Waals surface area contributed by atoms with Crippen LogP contribution in [0.1, 0.15) is 12.8 Å². The van der Waals surface area contributed by atoms with Crippen molar-refractivity contribution in [1.29, 1.82) is 0 Å². The van der Waals surface area contributed by atoms with E-state index in [9.17, 15) is 10.1 Å². The highest BCUT2D eigenvalue weighted by Crippen LogP contribution is 2.27. The summed E-state index contributed by atoms with van der Waals surface area (Å²) in [6, 6.07) is 4.50. The minimum atomic E-state index is -0.472. The van der Waals surface area contributed by atoms with Crippen LogP contribution in [0.4, 0.5) is 11.4 Å². The average molecular weight is 245 g/mol. The molecule has 1 aromatic carbocycles. The van der Waals surface area contributed by atoms with Gasteiger partial charge in [-0.1, -0.05) is 11.6 Å². The van der Waals surface area contributed by atoms with Gasteiger partial charge in [0.15, 0.2) is 0 Å². The first-order valence-corrected chi connectivity index (χ1v) is 5.31. The molecule has 2 N–H and O–H groups in total. The van der Waals surface area contributed by atoms with E-state index >= 15 is 0 Å². The van der Waals surface area contributed by atoms with Crippen LogP contribution in [0.15, 0.2) is 18.2 Å². The lowest BCUT2D eigenvalue weighted by Gasteiger charge is -2.06. The van der Waals surface area contributed by atoms with E-state index in [2.05, 4.69) is 5.32 Å². The Kier molecular flexibility index (Phi) is 5.01. The molecule has 0 aliphatic rings. The van der Waals surface area contributed by atoms with E-state index in [1.807, 2.05) is 0 Å². The molecule has 0 fully saturated rings. The molecule has 0 saturated carbocycles. The zero-order valence-corrected chi connectivity index (χ0v) is 9.41. The van der Waals surface area contributed by atoms with Gasteiger partial charge in [0.25, 0.3) is 5.69 Å². The summed E-state index contributed by atoms with van der Waals surface area (Å²) >= 11 is 5.68. The van der Waals surface area contributed by atoms with Gasteiger partial charge in [0, 0.05) is 24.2 Å². The number of benzene rings is 1. The molecule has 0 radical (unpaired) electrons. The molecular formula is C10H13ClN2O3. The van der Waals surface area contributed by atoms with Gasteiger partial charge in [0.2, 0.25) is 0 Å². The summed E-state index contributed by atoms with van der Waals surface area (Å²) in [4.78, 5) is 10.3. The second kappa shape index (κ2) is 6.30. The summed E-state index contributed by atoms with van der Waals surface area (Å²) in [6.45, 7) is 0.716. The van der Waals surface area contributed by atoms with Gasteiger partial charge in [-0.05, 0) is 25.0 Å². The van der Waals surface area contributed by atoms with E-state index in [0.717, 1.165) is 6.42 Å². The third-order valence-electron chi connectivity index (χ3n) is 2.06. The first-order valence-electron chi connectivity index (χ1n) is 4.94. The van der Waals surface area contributed by atoms with Crippen LogP contribution < -0.4 is 5.32 Å². The Labute approximate surface area is 98.2 Å². The number of unbranched alkanes of at least 4 members (excludes halogenated alkanes) is 1. The molecule has 88 valence electrons. The first kappa shape index (κ1) is 12.7. The Balaban J connectivity index is 2.67. The molecule has 0 unspecified atom stereocenters. The summed E-state index contributed by atoms with van der Waals surface area (Å²) in [5.41, 5.74) is 0.420. The second-order valence-electron chi connectivity index (χ2n) is 3.28. The van der Waals surface area contributed by atoms with E-state index in [1.54, 1.807) is 12.1 Å². The maximum absolute atomic E-state index is 10.7. The van der Waals surface area contributed by atoms with Gasteiger partial charge in [0.05, 0.1) is 4.92 Å². The molecule has 0 spiro atoms. The number of halogens is 1. The number of anilines is 1. The number of nitrogens with one attached hydrogen (secondary N) is 1. The van der Waals surface area contributed by atoms with Crippen molar-refractivity contribution in [3.05, 3.63) is 33.3 Å². The van der Waals surface area contributed by atoms with E-state index in [0.29, 0.717) is 23.7 Å². The summed E-state index contributed by atoms with van der Waals surface area (Å²) in [5.74, 6) is 0. The predicted molar refractivity (Wildman–Crippen MR) is 62.9 cm³/mol. The highest BCUT2D eigenvalue weighted by molar-refractivity contribution is 6.30. The Morgan fingerprint density at radius 1 is 1.44 bits per heavy atom. The molecule has 0 aromatic heterocycles. The highest BCUT2D eigenvalue weighted by Gasteiger charge is 2.13. The van der Waals surface area contributed by atoms with Crippen LogP contribution in [0.5, 0.6) is 0 Å². The van der Waals surface area contributed by atoms with Gasteiger partial charge in [-0.2, -0.15) is 0 Å². The number of nitro groups is 1. The Morgan fingerprint density at radius 2 is 2.19 bits per heavy atom. The van der Waals surface area contributed by atoms with Gasteiger partial charge < -0.3 is 10.4 Å². The topological polar surface area (TPSA) is 75.4 Å². The van der Waals surface area contributed by atoms with Crippen LogP contribution in [0.2, 0.25) is 5.02 Å². The smallest absolute Gasteiger partial charge is 0.293 e. The van der Waals surface area contributed by atoms with E-state index in [-0.39, 0.29) is 12.3 Å². The largest absolute Gasteiger partial charge is 0.396 e. The number of rotatable bonds is 6. The van der Waals surface area contributed by atoms with Crippen LogP contribution in [-0.4, -0.2) is 23.2 Å². The standard InChI is InChI=1S/C10H13ClN2O3/c11-8-3-4-9(10(7-8)13(15)16)12-5-1-2-6-14/h3-4,7,12,14H,1-2,5-6H2. The number of aliphatic hydroxyl groups excluding tert-OH is 1. The number of hydrogen-bond acceptors (Lipinski definition) is 4. The summed E-state index contributed by atoms with van der Waals surface area (Å²) in [7, 11) is 0. The number of nitrogens with zero attached hydrogens (tertiary/aromatic N) is 1. The van der Waals surface area contributed by atoms with Crippen molar-refractivity contribution in [2.75, 3.05) is 18.5 Å². The maximum atomic E-state index is 10.7. The summed E-state index contributed by atoms with van der Waals surface area (Å²) < 4.78 is 0. The average Bonchev–Trinajstić information content (AvgIpc) is 2.26. The predicted octanol–water partition coefficient (Wildman–Crippen LogP) is 2.43. The fourth-order valence-corrected chi connectivity index (χ4v) is 1.43. The van der Waals surface area contributed by atoms with Crippen molar-refractivity contribution < 1.29 is 10.0 Å². The van der Waals surface area contributed by atoms with Crippen molar-refractivity contribution >= 4 is 23.0 Å². The van der Waals surface area contributed by atoms with Crippen molar-refractivity contribution in [2.45, 2.75) is 12.8 Å².